The van der Waals surface area contributed by atoms with Crippen molar-refractivity contribution in [3.8, 4) is 0 Å². The van der Waals surface area contributed by atoms with Crippen molar-refractivity contribution in [2.24, 2.45) is 11.8 Å². The molecule has 98 valence electrons. The van der Waals surface area contributed by atoms with Crippen molar-refractivity contribution < 1.29 is 19.4 Å². The third kappa shape index (κ3) is 1.25. The van der Waals surface area contributed by atoms with E-state index in [1.807, 2.05) is 26.8 Å². The lowest BCUT2D eigenvalue weighted by atomic mass is 9.77. The first-order valence-electron chi connectivity index (χ1n) is 6.16. The minimum Gasteiger partial charge on any atom is -0.550 e. The van der Waals surface area contributed by atoms with Gasteiger partial charge < -0.3 is 19.5 Å². The highest BCUT2D eigenvalue weighted by Crippen LogP contribution is 2.52. The molecule has 18 heavy (non-hydrogen) atoms. The zero-order chi connectivity index (χ0) is 13.3. The van der Waals surface area contributed by atoms with Crippen molar-refractivity contribution in [2.75, 3.05) is 6.54 Å². The van der Waals surface area contributed by atoms with Gasteiger partial charge in [0.25, 0.3) is 0 Å². The maximum absolute atomic E-state index is 12.5. The number of carboxylic acid groups (broad SMARTS) is 1. The molecule has 1 amide bonds. The van der Waals surface area contributed by atoms with Gasteiger partial charge in [0.1, 0.15) is 5.60 Å². The molecule has 3 aliphatic heterocycles. The lowest BCUT2D eigenvalue weighted by Gasteiger charge is -2.33. The van der Waals surface area contributed by atoms with Crippen LogP contribution in [0.2, 0.25) is 0 Å². The van der Waals surface area contributed by atoms with Crippen LogP contribution in [0, 0.1) is 11.8 Å². The van der Waals surface area contributed by atoms with E-state index < -0.39 is 29.5 Å². The van der Waals surface area contributed by atoms with E-state index in [1.54, 1.807) is 11.0 Å². The first-order valence-corrected chi connectivity index (χ1v) is 6.16. The number of nitrogens with zero attached hydrogens (tertiary/aromatic N) is 1. The van der Waals surface area contributed by atoms with Crippen LogP contribution in [0.4, 0.5) is 0 Å². The van der Waals surface area contributed by atoms with E-state index in [1.165, 1.54) is 0 Å². The number of hydrogen-bond donors (Lipinski definition) is 0. The molecule has 0 aromatic heterocycles. The lowest BCUT2D eigenvalue weighted by molar-refractivity contribution is -0.313. The van der Waals surface area contributed by atoms with Crippen molar-refractivity contribution in [3.05, 3.63) is 12.2 Å². The Morgan fingerprint density at radius 1 is 1.56 bits per heavy atom. The van der Waals surface area contributed by atoms with Gasteiger partial charge in [-0.3, -0.25) is 4.79 Å². The second-order valence-electron chi connectivity index (χ2n) is 6.31. The number of fused-ring (bicyclic) bond motifs is 1. The normalized spacial score (nSPS) is 41.6. The van der Waals surface area contributed by atoms with E-state index >= 15 is 0 Å². The number of carbonyl (C=O) groups excluding carboxylic acids is 2. The number of amides is 1. The Morgan fingerprint density at radius 3 is 2.78 bits per heavy atom. The highest BCUT2D eigenvalue weighted by atomic mass is 16.5. The minimum absolute atomic E-state index is 0.136. The molecule has 0 aliphatic carbocycles. The largest absolute Gasteiger partial charge is 0.550 e. The molecule has 3 rings (SSSR count). The molecule has 5 nitrogen and oxygen atoms in total. The van der Waals surface area contributed by atoms with E-state index in [2.05, 4.69) is 0 Å². The molecule has 4 atom stereocenters. The molecular weight excluding hydrogens is 234 g/mol. The van der Waals surface area contributed by atoms with Gasteiger partial charge in [0, 0.05) is 17.4 Å². The van der Waals surface area contributed by atoms with E-state index in [-0.39, 0.29) is 11.4 Å². The van der Waals surface area contributed by atoms with Crippen molar-refractivity contribution >= 4 is 11.9 Å². The van der Waals surface area contributed by atoms with E-state index in [0.29, 0.717) is 6.54 Å². The standard InChI is InChI=1S/C13H17NO4/c1-12(2,3)14-6-13-5-4-7(18-13)8(11(16)17)9(13)10(14)15/h4-5,7-9H,6H2,1-3H3,(H,16,17)/p-1/t7-,8+,9-,13-/m1/s1. The summed E-state index contributed by atoms with van der Waals surface area (Å²) in [4.78, 5) is 25.4. The molecule has 2 saturated heterocycles. The summed E-state index contributed by atoms with van der Waals surface area (Å²) < 4.78 is 5.76. The van der Waals surface area contributed by atoms with Crippen LogP contribution in [0.5, 0.6) is 0 Å². The fourth-order valence-corrected chi connectivity index (χ4v) is 3.34. The number of likely N-dealkylation sites (tertiary alicyclic amines) is 1. The third-order valence-corrected chi connectivity index (χ3v) is 4.18. The monoisotopic (exact) mass is 250 g/mol. The first kappa shape index (κ1) is 11.7. The molecule has 0 radical (unpaired) electrons. The number of rotatable bonds is 1. The molecule has 0 unspecified atom stereocenters. The van der Waals surface area contributed by atoms with Gasteiger partial charge in [-0.25, -0.2) is 0 Å². The molecule has 3 heterocycles. The summed E-state index contributed by atoms with van der Waals surface area (Å²) in [5.74, 6) is -2.81. The van der Waals surface area contributed by atoms with Crippen molar-refractivity contribution in [1.29, 1.82) is 0 Å². The Labute approximate surface area is 105 Å². The topological polar surface area (TPSA) is 69.7 Å². The van der Waals surface area contributed by atoms with Crippen LogP contribution in [0.3, 0.4) is 0 Å². The Bertz CT molecular complexity index is 464. The van der Waals surface area contributed by atoms with Crippen LogP contribution >= 0.6 is 0 Å². The number of aliphatic carboxylic acids is 1. The third-order valence-electron chi connectivity index (χ3n) is 4.18. The molecule has 2 fully saturated rings. The van der Waals surface area contributed by atoms with Gasteiger partial charge in [0.05, 0.1) is 18.6 Å². The predicted molar refractivity (Wildman–Crippen MR) is 60.2 cm³/mol. The number of ether oxygens (including phenoxy) is 1. The van der Waals surface area contributed by atoms with Gasteiger partial charge in [-0.05, 0) is 20.8 Å². The summed E-state index contributed by atoms with van der Waals surface area (Å²) in [6.45, 7) is 6.24. The maximum atomic E-state index is 12.5. The van der Waals surface area contributed by atoms with Crippen LogP contribution in [0.15, 0.2) is 12.2 Å². The van der Waals surface area contributed by atoms with Crippen molar-refractivity contribution in [2.45, 2.75) is 38.0 Å². The van der Waals surface area contributed by atoms with Crippen LogP contribution in [-0.2, 0) is 14.3 Å². The summed E-state index contributed by atoms with van der Waals surface area (Å²) in [6, 6.07) is 0. The summed E-state index contributed by atoms with van der Waals surface area (Å²) in [5.41, 5.74) is -1.08. The number of hydrogen-bond acceptors (Lipinski definition) is 4. The SMILES string of the molecule is CC(C)(C)N1C[C@@]23C=C[C@@H](O2)[C@H](C(=O)[O-])[C@@H]3C1=O. The fourth-order valence-electron chi connectivity index (χ4n) is 3.34. The van der Waals surface area contributed by atoms with Crippen LogP contribution in [0.25, 0.3) is 0 Å². The van der Waals surface area contributed by atoms with Gasteiger partial charge in [0.2, 0.25) is 5.91 Å². The average molecular weight is 250 g/mol. The van der Waals surface area contributed by atoms with E-state index in [9.17, 15) is 14.7 Å². The molecule has 3 aliphatic rings. The highest BCUT2D eigenvalue weighted by Gasteiger charge is 2.66. The summed E-state index contributed by atoms with van der Waals surface area (Å²) >= 11 is 0. The maximum Gasteiger partial charge on any atom is 0.230 e. The second-order valence-corrected chi connectivity index (χ2v) is 6.31. The van der Waals surface area contributed by atoms with Gasteiger partial charge in [0.15, 0.2) is 0 Å². The molecule has 5 heteroatoms. The van der Waals surface area contributed by atoms with Crippen molar-refractivity contribution in [3.63, 3.8) is 0 Å². The first-order chi connectivity index (χ1) is 8.26. The van der Waals surface area contributed by atoms with Crippen LogP contribution in [0.1, 0.15) is 20.8 Å². The predicted octanol–water partition coefficient (Wildman–Crippen LogP) is -0.683. The zero-order valence-corrected chi connectivity index (χ0v) is 10.7. The van der Waals surface area contributed by atoms with E-state index in [4.69, 9.17) is 4.74 Å². The summed E-state index contributed by atoms with van der Waals surface area (Å²) in [6.07, 6.45) is 3.09. The quantitative estimate of drug-likeness (QED) is 0.578. The minimum atomic E-state index is -1.19. The smallest absolute Gasteiger partial charge is 0.230 e. The number of carbonyl (C=O) groups is 2. The molecule has 0 saturated carbocycles. The zero-order valence-electron chi connectivity index (χ0n) is 10.7. The highest BCUT2D eigenvalue weighted by molar-refractivity contribution is 5.90. The van der Waals surface area contributed by atoms with Gasteiger partial charge >= 0.3 is 0 Å². The molecule has 0 N–H and O–H groups in total. The molecule has 0 aromatic carbocycles. The van der Waals surface area contributed by atoms with Crippen LogP contribution in [-0.4, -0.2) is 40.6 Å². The molecule has 2 bridgehead atoms. The lowest BCUT2D eigenvalue weighted by Crippen LogP contribution is -2.47. The Balaban J connectivity index is 2.02. The van der Waals surface area contributed by atoms with E-state index in [0.717, 1.165) is 0 Å². The second kappa shape index (κ2) is 3.15. The number of carboxylic acids is 1. The average Bonchev–Trinajstić information content (AvgIpc) is 2.85. The van der Waals surface area contributed by atoms with Gasteiger partial charge in [-0.2, -0.15) is 0 Å². The summed E-state index contributed by atoms with van der Waals surface area (Å²) in [7, 11) is 0. The van der Waals surface area contributed by atoms with Crippen molar-refractivity contribution in [1.82, 2.24) is 4.90 Å². The van der Waals surface area contributed by atoms with Gasteiger partial charge in [-0.15, -0.1) is 0 Å². The molecule has 1 spiro atoms. The molecular formula is C13H16NO4-. The Hall–Kier alpha value is -1.36. The fraction of sp³-hybridized carbons (Fsp3) is 0.692. The summed E-state index contributed by atoms with van der Waals surface area (Å²) in [5, 5.41) is 11.2. The van der Waals surface area contributed by atoms with Crippen LogP contribution < -0.4 is 5.11 Å². The van der Waals surface area contributed by atoms with Gasteiger partial charge in [-0.1, -0.05) is 12.2 Å². The Kier molecular flexibility index (Phi) is 2.05. The molecule has 0 aromatic rings. The Morgan fingerprint density at radius 2 is 2.22 bits per heavy atom.